The number of benzene rings is 1. The van der Waals surface area contributed by atoms with E-state index in [0.717, 1.165) is 18.1 Å². The molecule has 3 nitrogen and oxygen atoms in total. The van der Waals surface area contributed by atoms with Gasteiger partial charge in [0.15, 0.2) is 0 Å². The van der Waals surface area contributed by atoms with Gasteiger partial charge in [-0.1, -0.05) is 37.3 Å². The van der Waals surface area contributed by atoms with Gasteiger partial charge in [-0.05, 0) is 17.9 Å². The summed E-state index contributed by atoms with van der Waals surface area (Å²) in [5.41, 5.74) is 1.39. The molecule has 0 saturated heterocycles. The highest BCUT2D eigenvalue weighted by molar-refractivity contribution is 7.09. The van der Waals surface area contributed by atoms with Crippen LogP contribution in [0.15, 0.2) is 36.7 Å². The van der Waals surface area contributed by atoms with Crippen LogP contribution >= 0.6 is 11.5 Å². The Morgan fingerprint density at radius 1 is 1.31 bits per heavy atom. The zero-order valence-electron chi connectivity index (χ0n) is 9.26. The van der Waals surface area contributed by atoms with E-state index < -0.39 is 0 Å². The van der Waals surface area contributed by atoms with E-state index in [9.17, 15) is 0 Å². The number of aromatic nitrogens is 2. The predicted molar refractivity (Wildman–Crippen MR) is 67.9 cm³/mol. The predicted octanol–water partition coefficient (Wildman–Crippen LogP) is 3.14. The molecule has 0 radical (unpaired) electrons. The maximum Gasteiger partial charge on any atom is 0.202 e. The van der Waals surface area contributed by atoms with E-state index in [0.29, 0.717) is 5.92 Å². The smallest absolute Gasteiger partial charge is 0.202 e. The zero-order valence-corrected chi connectivity index (χ0v) is 10.1. The minimum absolute atomic E-state index is 0.571. The molecule has 2 rings (SSSR count). The third kappa shape index (κ3) is 3.03. The van der Waals surface area contributed by atoms with Crippen LogP contribution in [0.2, 0.25) is 0 Å². The Bertz CT molecular complexity index is 399. The molecule has 0 aliphatic carbocycles. The molecule has 16 heavy (non-hydrogen) atoms. The summed E-state index contributed by atoms with van der Waals surface area (Å²) in [5.74, 6) is 0.571. The first kappa shape index (κ1) is 11.1. The summed E-state index contributed by atoms with van der Waals surface area (Å²) in [6.07, 6.45) is 2.68. The molecule has 1 heterocycles. The highest BCUT2D eigenvalue weighted by atomic mass is 32.1. The lowest BCUT2D eigenvalue weighted by Crippen LogP contribution is -2.05. The number of anilines is 1. The van der Waals surface area contributed by atoms with Crippen molar-refractivity contribution in [2.24, 2.45) is 0 Å². The van der Waals surface area contributed by atoms with Crippen LogP contribution in [0.1, 0.15) is 24.8 Å². The summed E-state index contributed by atoms with van der Waals surface area (Å²) < 4.78 is 3.95. The van der Waals surface area contributed by atoms with E-state index in [1.54, 1.807) is 6.33 Å². The topological polar surface area (TPSA) is 37.8 Å². The first-order valence-electron chi connectivity index (χ1n) is 5.42. The van der Waals surface area contributed by atoms with Crippen LogP contribution < -0.4 is 5.32 Å². The Hall–Kier alpha value is -1.42. The van der Waals surface area contributed by atoms with Crippen molar-refractivity contribution < 1.29 is 0 Å². The molecule has 0 bridgehead atoms. The molecule has 1 N–H and O–H groups in total. The van der Waals surface area contributed by atoms with E-state index in [-0.39, 0.29) is 0 Å². The molecule has 0 aliphatic heterocycles. The summed E-state index contributed by atoms with van der Waals surface area (Å²) in [5, 5.41) is 4.17. The Morgan fingerprint density at radius 3 is 2.81 bits per heavy atom. The Morgan fingerprint density at radius 2 is 2.12 bits per heavy atom. The summed E-state index contributed by atoms with van der Waals surface area (Å²) in [4.78, 5) is 4.08. The molecule has 1 atom stereocenters. The van der Waals surface area contributed by atoms with Gasteiger partial charge in [0.05, 0.1) is 0 Å². The van der Waals surface area contributed by atoms with Crippen LogP contribution in [-0.2, 0) is 0 Å². The molecular formula is C12H15N3S. The van der Waals surface area contributed by atoms with E-state index in [4.69, 9.17) is 0 Å². The molecule has 1 unspecified atom stereocenters. The van der Waals surface area contributed by atoms with Gasteiger partial charge in [0, 0.05) is 18.1 Å². The molecule has 0 spiro atoms. The van der Waals surface area contributed by atoms with E-state index >= 15 is 0 Å². The van der Waals surface area contributed by atoms with Crippen molar-refractivity contribution in [2.45, 2.75) is 19.3 Å². The lowest BCUT2D eigenvalue weighted by atomic mass is 9.98. The number of hydrogen-bond donors (Lipinski definition) is 1. The van der Waals surface area contributed by atoms with E-state index in [1.807, 2.05) is 0 Å². The summed E-state index contributed by atoms with van der Waals surface area (Å²) in [6, 6.07) is 10.6. The lowest BCUT2D eigenvalue weighted by molar-refractivity contribution is 0.706. The Balaban J connectivity index is 1.78. The monoisotopic (exact) mass is 233 g/mol. The lowest BCUT2D eigenvalue weighted by Gasteiger charge is -2.11. The fraction of sp³-hybridized carbons (Fsp3) is 0.333. The maximum absolute atomic E-state index is 4.08. The van der Waals surface area contributed by atoms with E-state index in [1.165, 1.54) is 17.1 Å². The molecule has 0 saturated carbocycles. The van der Waals surface area contributed by atoms with Gasteiger partial charge in [-0.2, -0.15) is 4.37 Å². The summed E-state index contributed by atoms with van der Waals surface area (Å²) in [7, 11) is 0. The highest BCUT2D eigenvalue weighted by Crippen LogP contribution is 2.18. The van der Waals surface area contributed by atoms with Gasteiger partial charge in [0.25, 0.3) is 0 Å². The minimum Gasteiger partial charge on any atom is -0.360 e. The minimum atomic E-state index is 0.571. The third-order valence-corrected chi connectivity index (χ3v) is 3.21. The molecule has 0 fully saturated rings. The van der Waals surface area contributed by atoms with Gasteiger partial charge in [0.2, 0.25) is 5.13 Å². The van der Waals surface area contributed by atoms with Crippen LogP contribution in [0, 0.1) is 0 Å². The first-order chi connectivity index (χ1) is 7.86. The maximum atomic E-state index is 4.08. The van der Waals surface area contributed by atoms with Gasteiger partial charge >= 0.3 is 0 Å². The Kier molecular flexibility index (Phi) is 3.88. The average molecular weight is 233 g/mol. The van der Waals surface area contributed by atoms with Crippen LogP contribution in [-0.4, -0.2) is 15.9 Å². The largest absolute Gasteiger partial charge is 0.360 e. The molecule has 1 aromatic heterocycles. The molecule has 4 heteroatoms. The van der Waals surface area contributed by atoms with Crippen LogP contribution in [0.5, 0.6) is 0 Å². The molecule has 84 valence electrons. The normalized spacial score (nSPS) is 12.3. The van der Waals surface area contributed by atoms with Gasteiger partial charge in [-0.3, -0.25) is 0 Å². The molecular weight excluding hydrogens is 218 g/mol. The number of nitrogens with zero attached hydrogens (tertiary/aromatic N) is 2. The standard InChI is InChI=1S/C12H15N3S/c1-10(11-5-3-2-4-6-11)7-8-13-12-14-9-15-16-12/h2-6,9-10H,7-8H2,1H3,(H,13,14,15). The first-order valence-corrected chi connectivity index (χ1v) is 6.19. The second-order valence-electron chi connectivity index (χ2n) is 3.77. The average Bonchev–Trinajstić information content (AvgIpc) is 2.83. The van der Waals surface area contributed by atoms with Gasteiger partial charge < -0.3 is 5.32 Å². The van der Waals surface area contributed by atoms with Gasteiger partial charge in [-0.25, -0.2) is 4.98 Å². The van der Waals surface area contributed by atoms with E-state index in [2.05, 4.69) is 51.9 Å². The van der Waals surface area contributed by atoms with Crippen LogP contribution in [0.25, 0.3) is 0 Å². The molecule has 0 amide bonds. The molecule has 0 aliphatic rings. The fourth-order valence-corrected chi connectivity index (χ4v) is 2.05. The quantitative estimate of drug-likeness (QED) is 0.862. The highest BCUT2D eigenvalue weighted by Gasteiger charge is 2.04. The second kappa shape index (κ2) is 5.61. The molecule has 2 aromatic rings. The van der Waals surface area contributed by atoms with Crippen molar-refractivity contribution in [2.75, 3.05) is 11.9 Å². The second-order valence-corrected chi connectivity index (χ2v) is 4.55. The SMILES string of the molecule is CC(CCNc1ncns1)c1ccccc1. The van der Waals surface area contributed by atoms with Gasteiger partial charge in [-0.15, -0.1) is 0 Å². The number of hydrogen-bond acceptors (Lipinski definition) is 4. The van der Waals surface area contributed by atoms with Crippen molar-refractivity contribution >= 4 is 16.7 Å². The van der Waals surface area contributed by atoms with Crippen molar-refractivity contribution in [3.8, 4) is 0 Å². The summed E-state index contributed by atoms with van der Waals surface area (Å²) >= 11 is 1.40. The Labute approximate surface area is 99.7 Å². The summed E-state index contributed by atoms with van der Waals surface area (Å²) in [6.45, 7) is 3.18. The number of nitrogens with one attached hydrogen (secondary N) is 1. The van der Waals surface area contributed by atoms with Crippen molar-refractivity contribution in [1.29, 1.82) is 0 Å². The van der Waals surface area contributed by atoms with Crippen LogP contribution in [0.3, 0.4) is 0 Å². The van der Waals surface area contributed by atoms with Gasteiger partial charge in [0.1, 0.15) is 6.33 Å². The van der Waals surface area contributed by atoms with Crippen molar-refractivity contribution in [3.05, 3.63) is 42.2 Å². The number of rotatable bonds is 5. The fourth-order valence-electron chi connectivity index (χ4n) is 1.59. The van der Waals surface area contributed by atoms with Crippen molar-refractivity contribution in [3.63, 3.8) is 0 Å². The van der Waals surface area contributed by atoms with Crippen LogP contribution in [0.4, 0.5) is 5.13 Å². The third-order valence-electron chi connectivity index (χ3n) is 2.58. The van der Waals surface area contributed by atoms with Crippen molar-refractivity contribution in [1.82, 2.24) is 9.36 Å². The zero-order chi connectivity index (χ0) is 11.2. The molecule has 1 aromatic carbocycles.